The van der Waals surface area contributed by atoms with Crippen LogP contribution < -0.4 is 10.2 Å². The number of halogens is 1. The van der Waals surface area contributed by atoms with Gasteiger partial charge in [0, 0.05) is 19.1 Å². The number of fused-ring (bicyclic) bond motifs is 1. The van der Waals surface area contributed by atoms with Crippen LogP contribution in [0, 0.1) is 19.8 Å². The third kappa shape index (κ3) is 8.77. The summed E-state index contributed by atoms with van der Waals surface area (Å²) in [6.07, 6.45) is 3.15. The highest BCUT2D eigenvalue weighted by Gasteiger charge is 2.35. The molecule has 2 fully saturated rings. The lowest BCUT2D eigenvalue weighted by Gasteiger charge is -2.46. The Hall–Kier alpha value is -2.54. The van der Waals surface area contributed by atoms with Crippen LogP contribution in [0.15, 0.2) is 76.7 Å². The van der Waals surface area contributed by atoms with Gasteiger partial charge in [0.05, 0.1) is 21.7 Å². The van der Waals surface area contributed by atoms with Crippen LogP contribution in [0.4, 0.5) is 5.69 Å². The maximum atomic E-state index is 10.5. The largest absolute Gasteiger partial charge is 0.369 e. The zero-order valence-corrected chi connectivity index (χ0v) is 22.8. The summed E-state index contributed by atoms with van der Waals surface area (Å²) in [4.78, 5) is 6.37. The molecule has 2 aromatic carbocycles. The van der Waals surface area contributed by atoms with Crippen LogP contribution in [0.25, 0.3) is 0 Å². The first-order valence-corrected chi connectivity index (χ1v) is 14.8. The number of pyridine rings is 1. The first-order valence-electron chi connectivity index (χ1n) is 11.5. The van der Waals surface area contributed by atoms with E-state index >= 15 is 0 Å². The Bertz CT molecular complexity index is 1310. The Labute approximate surface area is 223 Å². The molecule has 0 spiro atoms. The van der Waals surface area contributed by atoms with Gasteiger partial charge in [-0.3, -0.25) is 9.11 Å². The van der Waals surface area contributed by atoms with E-state index in [4.69, 9.17) is 20.7 Å². The minimum Gasteiger partial charge on any atom is -0.369 e. The molecule has 0 bridgehead atoms. The van der Waals surface area contributed by atoms with Crippen molar-refractivity contribution >= 4 is 37.5 Å². The second-order valence-electron chi connectivity index (χ2n) is 8.92. The second-order valence-corrected chi connectivity index (χ2v) is 12.2. The molecule has 0 saturated carbocycles. The van der Waals surface area contributed by atoms with Crippen molar-refractivity contribution in [3.05, 3.63) is 83.1 Å². The van der Waals surface area contributed by atoms with E-state index < -0.39 is 20.2 Å². The monoisotopic (exact) mass is 567 g/mol. The molecule has 0 amide bonds. The lowest BCUT2D eigenvalue weighted by atomic mass is 9.85. The highest BCUT2D eigenvalue weighted by Crippen LogP contribution is 2.27. The Morgan fingerprint density at radius 1 is 0.865 bits per heavy atom. The predicted octanol–water partition coefficient (Wildman–Crippen LogP) is 4.02. The lowest BCUT2D eigenvalue weighted by molar-refractivity contribution is 0.197. The second kappa shape index (κ2) is 12.3. The summed E-state index contributed by atoms with van der Waals surface area (Å²) < 4.78 is 59.1. The van der Waals surface area contributed by atoms with Crippen molar-refractivity contribution in [2.45, 2.75) is 36.1 Å². The molecule has 0 radical (unpaired) electrons. The summed E-state index contributed by atoms with van der Waals surface area (Å²) in [7, 11) is -8.04. The van der Waals surface area contributed by atoms with E-state index in [9.17, 15) is 16.8 Å². The summed E-state index contributed by atoms with van der Waals surface area (Å²) in [5, 5.41) is 4.04. The number of hydrogen-bond acceptors (Lipinski definition) is 7. The Morgan fingerprint density at radius 3 is 1.73 bits per heavy atom. The van der Waals surface area contributed by atoms with Gasteiger partial charge in [-0.05, 0) is 69.1 Å². The molecule has 5 rings (SSSR count). The summed E-state index contributed by atoms with van der Waals surface area (Å²) in [5.74, 6) is 0.904. The number of nitrogens with one attached hydrogen (secondary N) is 1. The zero-order chi connectivity index (χ0) is 27.2. The zero-order valence-electron chi connectivity index (χ0n) is 20.5. The average molecular weight is 568 g/mol. The normalized spacial score (nSPS) is 18.8. The van der Waals surface area contributed by atoms with Crippen LogP contribution in [0.1, 0.15) is 17.5 Å². The maximum Gasteiger partial charge on any atom is 0.294 e. The first-order chi connectivity index (χ1) is 17.3. The standard InChI is InChI=1S/C11H14ClN3.2C7H8O3S/c12-11-2-1-9(6-14-11)15-4-3-8-5-13-10(8)7-15;2*1-6-2-4-7(5-3-6)11(8,9)10/h1-2,6,8,10,13H,3-5,7H2;2*2-5H,1H3,(H,8,9,10)/t8-,10-;;/m0../s1. The number of nitrogens with zero attached hydrogens (tertiary/aromatic N) is 2. The lowest BCUT2D eigenvalue weighted by Crippen LogP contribution is -2.62. The van der Waals surface area contributed by atoms with Gasteiger partial charge in [0.15, 0.2) is 0 Å². The van der Waals surface area contributed by atoms with Crippen molar-refractivity contribution in [3.63, 3.8) is 0 Å². The Kier molecular flexibility index (Phi) is 9.68. The van der Waals surface area contributed by atoms with Crippen LogP contribution in [0.3, 0.4) is 0 Å². The number of piperidine rings is 1. The van der Waals surface area contributed by atoms with Crippen molar-refractivity contribution in [2.24, 2.45) is 5.92 Å². The summed E-state index contributed by atoms with van der Waals surface area (Å²) in [5.41, 5.74) is 3.10. The molecule has 2 aliphatic rings. The third-order valence-corrected chi connectivity index (χ3v) is 8.07. The van der Waals surface area contributed by atoms with E-state index in [1.165, 1.54) is 42.9 Å². The van der Waals surface area contributed by atoms with Crippen LogP contribution >= 0.6 is 11.6 Å². The van der Waals surface area contributed by atoms with Crippen molar-refractivity contribution in [1.29, 1.82) is 0 Å². The van der Waals surface area contributed by atoms with Gasteiger partial charge in [0.1, 0.15) is 5.15 Å². The van der Waals surface area contributed by atoms with Gasteiger partial charge < -0.3 is 10.2 Å². The molecule has 200 valence electrons. The first kappa shape index (κ1) is 29.0. The van der Waals surface area contributed by atoms with Crippen LogP contribution in [-0.4, -0.2) is 56.6 Å². The van der Waals surface area contributed by atoms with Gasteiger partial charge in [-0.25, -0.2) is 4.98 Å². The molecule has 2 aliphatic heterocycles. The van der Waals surface area contributed by atoms with E-state index in [-0.39, 0.29) is 9.79 Å². The van der Waals surface area contributed by atoms with Crippen molar-refractivity contribution in [3.8, 4) is 0 Å². The summed E-state index contributed by atoms with van der Waals surface area (Å²) >= 11 is 5.77. The molecular formula is C25H30ClN3O6S2. The van der Waals surface area contributed by atoms with E-state index in [0.29, 0.717) is 11.2 Å². The topological polar surface area (TPSA) is 137 Å². The smallest absolute Gasteiger partial charge is 0.294 e. The van der Waals surface area contributed by atoms with Gasteiger partial charge in [-0.15, -0.1) is 0 Å². The molecule has 2 saturated heterocycles. The van der Waals surface area contributed by atoms with Crippen molar-refractivity contribution < 1.29 is 25.9 Å². The molecule has 9 nitrogen and oxygen atoms in total. The fourth-order valence-corrected chi connectivity index (χ4v) is 4.90. The minimum absolute atomic E-state index is 0.0666. The van der Waals surface area contributed by atoms with Crippen LogP contribution in [0.5, 0.6) is 0 Å². The fraction of sp³-hybridized carbons (Fsp3) is 0.320. The molecule has 0 unspecified atom stereocenters. The quantitative estimate of drug-likeness (QED) is 0.316. The Balaban J connectivity index is 0.000000158. The van der Waals surface area contributed by atoms with Crippen molar-refractivity contribution in [1.82, 2.24) is 10.3 Å². The number of aromatic nitrogens is 1. The highest BCUT2D eigenvalue weighted by atomic mass is 35.5. The molecule has 3 aromatic rings. The number of anilines is 1. The molecule has 37 heavy (non-hydrogen) atoms. The van der Waals surface area contributed by atoms with Crippen LogP contribution in [0.2, 0.25) is 5.15 Å². The number of hydrogen-bond donors (Lipinski definition) is 3. The van der Waals surface area contributed by atoms with E-state index in [1.54, 1.807) is 24.3 Å². The van der Waals surface area contributed by atoms with Gasteiger partial charge in [0.25, 0.3) is 20.2 Å². The molecule has 1 aromatic heterocycles. The SMILES string of the molecule is Cc1ccc(S(=O)(=O)O)cc1.Cc1ccc(S(=O)(=O)O)cc1.Clc1ccc(N2CC[C@H]3CN[C@H]3C2)cn1. The van der Waals surface area contributed by atoms with Crippen LogP contribution in [-0.2, 0) is 20.2 Å². The number of rotatable bonds is 3. The number of aryl methyl sites for hydroxylation is 2. The summed E-state index contributed by atoms with van der Waals surface area (Å²) in [6.45, 7) is 7.14. The van der Waals surface area contributed by atoms with Gasteiger partial charge in [0.2, 0.25) is 0 Å². The average Bonchev–Trinajstić information content (AvgIpc) is 2.81. The summed E-state index contributed by atoms with van der Waals surface area (Å²) in [6, 6.07) is 16.6. The molecule has 3 N–H and O–H groups in total. The highest BCUT2D eigenvalue weighted by molar-refractivity contribution is 7.86. The predicted molar refractivity (Wildman–Crippen MR) is 143 cm³/mol. The van der Waals surface area contributed by atoms with E-state index in [2.05, 4.69) is 15.2 Å². The number of benzene rings is 2. The van der Waals surface area contributed by atoms with Gasteiger partial charge >= 0.3 is 0 Å². The molecule has 2 atom stereocenters. The molecule has 3 heterocycles. The fourth-order valence-electron chi connectivity index (χ4n) is 3.83. The minimum atomic E-state index is -4.02. The maximum absolute atomic E-state index is 10.5. The van der Waals surface area contributed by atoms with Gasteiger partial charge in [-0.1, -0.05) is 47.0 Å². The molecule has 12 heteroatoms. The Morgan fingerprint density at radius 2 is 1.38 bits per heavy atom. The molecular weight excluding hydrogens is 538 g/mol. The van der Waals surface area contributed by atoms with E-state index in [1.807, 2.05) is 32.2 Å². The van der Waals surface area contributed by atoms with Crippen molar-refractivity contribution in [2.75, 3.05) is 24.5 Å². The molecule has 0 aliphatic carbocycles. The van der Waals surface area contributed by atoms with E-state index in [0.717, 1.165) is 30.1 Å². The third-order valence-electron chi connectivity index (χ3n) is 6.11. The van der Waals surface area contributed by atoms with Gasteiger partial charge in [-0.2, -0.15) is 16.8 Å².